The first-order valence-corrected chi connectivity index (χ1v) is 10.5. The second kappa shape index (κ2) is 7.97. The number of amides is 1. The van der Waals surface area contributed by atoms with Gasteiger partial charge in [0, 0.05) is 27.8 Å². The molecule has 5 nitrogen and oxygen atoms in total. The van der Waals surface area contributed by atoms with Crippen LogP contribution in [0.1, 0.15) is 54.0 Å². The topological polar surface area (TPSA) is 67.8 Å². The molecule has 28 heavy (non-hydrogen) atoms. The summed E-state index contributed by atoms with van der Waals surface area (Å²) >= 11 is 1.67. The molecule has 0 radical (unpaired) electrons. The van der Waals surface area contributed by atoms with Crippen molar-refractivity contribution in [2.75, 3.05) is 13.3 Å². The van der Waals surface area contributed by atoms with Crippen molar-refractivity contribution >= 4 is 23.3 Å². The number of hydrogen-bond donors (Lipinski definition) is 2. The minimum atomic E-state index is -0.448. The summed E-state index contributed by atoms with van der Waals surface area (Å²) < 4.78 is 10.7. The first-order valence-electron chi connectivity index (χ1n) is 9.70. The van der Waals surface area contributed by atoms with Gasteiger partial charge in [-0.25, -0.2) is 0 Å². The Morgan fingerprint density at radius 3 is 2.79 bits per heavy atom. The van der Waals surface area contributed by atoms with Gasteiger partial charge in [-0.15, -0.1) is 11.3 Å². The van der Waals surface area contributed by atoms with Gasteiger partial charge in [0.05, 0.1) is 6.10 Å². The Labute approximate surface area is 169 Å². The summed E-state index contributed by atoms with van der Waals surface area (Å²) in [6.07, 6.45) is 7.38. The van der Waals surface area contributed by atoms with Gasteiger partial charge in [0.1, 0.15) is 0 Å². The second-order valence-corrected chi connectivity index (χ2v) is 8.64. The Morgan fingerprint density at radius 1 is 1.25 bits per heavy atom. The molecular weight excluding hydrogens is 374 g/mol. The smallest absolute Gasteiger partial charge is 0.244 e. The molecule has 1 aliphatic heterocycles. The minimum absolute atomic E-state index is 0.0138. The fourth-order valence-corrected chi connectivity index (χ4v) is 5.12. The lowest BCUT2D eigenvalue weighted by molar-refractivity contribution is -0.116. The number of thiophene rings is 1. The Bertz CT molecular complexity index is 880. The largest absolute Gasteiger partial charge is 0.454 e. The third-order valence-electron chi connectivity index (χ3n) is 5.55. The summed E-state index contributed by atoms with van der Waals surface area (Å²) in [5, 5.41) is 12.9. The van der Waals surface area contributed by atoms with Gasteiger partial charge in [-0.3, -0.25) is 4.79 Å². The van der Waals surface area contributed by atoms with E-state index in [1.807, 2.05) is 24.3 Å². The van der Waals surface area contributed by atoms with Crippen molar-refractivity contribution in [3.63, 3.8) is 0 Å². The van der Waals surface area contributed by atoms with Crippen molar-refractivity contribution in [2.24, 2.45) is 0 Å². The lowest BCUT2D eigenvalue weighted by Crippen LogP contribution is -2.37. The molecule has 1 aliphatic carbocycles. The molecule has 1 saturated carbocycles. The molecule has 0 spiro atoms. The molecule has 0 saturated heterocycles. The van der Waals surface area contributed by atoms with Gasteiger partial charge in [0.15, 0.2) is 11.5 Å². The van der Waals surface area contributed by atoms with Gasteiger partial charge >= 0.3 is 0 Å². The van der Waals surface area contributed by atoms with Crippen molar-refractivity contribution < 1.29 is 19.4 Å². The van der Waals surface area contributed by atoms with E-state index in [0.29, 0.717) is 12.3 Å². The Morgan fingerprint density at radius 2 is 2.04 bits per heavy atom. The zero-order chi connectivity index (χ0) is 19.6. The maximum atomic E-state index is 12.4. The highest BCUT2D eigenvalue weighted by molar-refractivity contribution is 7.12. The summed E-state index contributed by atoms with van der Waals surface area (Å²) in [7, 11) is 0. The lowest BCUT2D eigenvalue weighted by Gasteiger charge is -2.28. The van der Waals surface area contributed by atoms with Crippen LogP contribution in [0.4, 0.5) is 0 Å². The molecule has 6 heteroatoms. The van der Waals surface area contributed by atoms with Crippen LogP contribution in [0.3, 0.4) is 0 Å². The highest BCUT2D eigenvalue weighted by Crippen LogP contribution is 2.44. The van der Waals surface area contributed by atoms with Gasteiger partial charge in [-0.1, -0.05) is 18.9 Å². The van der Waals surface area contributed by atoms with Crippen LogP contribution in [0, 0.1) is 0 Å². The average molecular weight is 400 g/mol. The number of hydrogen-bond acceptors (Lipinski definition) is 5. The van der Waals surface area contributed by atoms with Gasteiger partial charge < -0.3 is 19.9 Å². The van der Waals surface area contributed by atoms with E-state index >= 15 is 0 Å². The third-order valence-corrected chi connectivity index (χ3v) is 7.05. The number of aliphatic hydroxyl groups is 1. The zero-order valence-electron chi connectivity index (χ0n) is 15.9. The number of ether oxygens (including phenoxy) is 2. The van der Waals surface area contributed by atoms with E-state index in [4.69, 9.17) is 9.47 Å². The number of benzene rings is 1. The van der Waals surface area contributed by atoms with Crippen LogP contribution < -0.4 is 14.8 Å². The zero-order valence-corrected chi connectivity index (χ0v) is 16.8. The van der Waals surface area contributed by atoms with Gasteiger partial charge in [0.25, 0.3) is 0 Å². The van der Waals surface area contributed by atoms with Crippen molar-refractivity contribution in [3.8, 4) is 11.5 Å². The van der Waals surface area contributed by atoms with Gasteiger partial charge in [0.2, 0.25) is 12.7 Å². The second-order valence-electron chi connectivity index (χ2n) is 7.53. The third kappa shape index (κ3) is 3.93. The van der Waals surface area contributed by atoms with Crippen LogP contribution in [0.15, 0.2) is 36.4 Å². The van der Waals surface area contributed by atoms with Crippen LogP contribution in [0.25, 0.3) is 6.08 Å². The standard InChI is InChI=1S/C22H25NO4S/c1-15(24)19-7-8-20(28-19)22(10-2-3-11-22)13-23-21(25)9-5-16-4-6-17-18(12-16)27-14-26-17/h4-9,12,15,24H,2-3,10-11,13-14H2,1H3,(H,23,25)/b9-5+. The lowest BCUT2D eigenvalue weighted by atomic mass is 9.84. The highest BCUT2D eigenvalue weighted by atomic mass is 32.1. The van der Waals surface area contributed by atoms with E-state index in [-0.39, 0.29) is 18.1 Å². The van der Waals surface area contributed by atoms with Crippen LogP contribution in [-0.2, 0) is 10.2 Å². The molecule has 0 bridgehead atoms. The van der Waals surface area contributed by atoms with Crippen molar-refractivity contribution in [1.29, 1.82) is 0 Å². The molecule has 1 amide bonds. The van der Waals surface area contributed by atoms with Crippen molar-refractivity contribution in [3.05, 3.63) is 51.7 Å². The summed E-state index contributed by atoms with van der Waals surface area (Å²) in [6.45, 7) is 2.65. The molecule has 1 aromatic carbocycles. The fourth-order valence-electron chi connectivity index (χ4n) is 3.93. The maximum Gasteiger partial charge on any atom is 0.244 e. The van der Waals surface area contributed by atoms with E-state index in [1.54, 1.807) is 30.4 Å². The summed E-state index contributed by atoms with van der Waals surface area (Å²) in [5.41, 5.74) is 0.884. The van der Waals surface area contributed by atoms with E-state index in [2.05, 4.69) is 11.4 Å². The molecule has 2 N–H and O–H groups in total. The minimum Gasteiger partial charge on any atom is -0.454 e. The molecule has 148 valence electrons. The van der Waals surface area contributed by atoms with Gasteiger partial charge in [-0.2, -0.15) is 0 Å². The van der Waals surface area contributed by atoms with E-state index in [1.165, 1.54) is 17.7 Å². The number of carbonyl (C=O) groups excluding carboxylic acids is 1. The van der Waals surface area contributed by atoms with Crippen molar-refractivity contribution in [1.82, 2.24) is 5.32 Å². The first kappa shape index (κ1) is 19.0. The molecule has 2 aliphatic rings. The molecular formula is C22H25NO4S. The quantitative estimate of drug-likeness (QED) is 0.716. The molecule has 4 rings (SSSR count). The number of fused-ring (bicyclic) bond motifs is 1. The van der Waals surface area contributed by atoms with Gasteiger partial charge in [-0.05, 0) is 55.7 Å². The van der Waals surface area contributed by atoms with Crippen molar-refractivity contribution in [2.45, 2.75) is 44.1 Å². The van der Waals surface area contributed by atoms with Crippen LogP contribution in [0.2, 0.25) is 0 Å². The molecule has 1 aromatic heterocycles. The van der Waals surface area contributed by atoms with Crippen LogP contribution >= 0.6 is 11.3 Å². The number of carbonyl (C=O) groups is 1. The predicted molar refractivity (Wildman–Crippen MR) is 110 cm³/mol. The molecule has 1 fully saturated rings. The number of rotatable bonds is 6. The van der Waals surface area contributed by atoms with Crippen LogP contribution in [0.5, 0.6) is 11.5 Å². The Kier molecular flexibility index (Phi) is 5.42. The molecule has 1 atom stereocenters. The van der Waals surface area contributed by atoms with E-state index in [9.17, 15) is 9.90 Å². The highest BCUT2D eigenvalue weighted by Gasteiger charge is 2.37. The summed E-state index contributed by atoms with van der Waals surface area (Å²) in [5.74, 6) is 1.34. The normalized spacial score (nSPS) is 18.5. The van der Waals surface area contributed by atoms with Crippen LogP contribution in [-0.4, -0.2) is 24.4 Å². The van der Waals surface area contributed by atoms with E-state index in [0.717, 1.165) is 29.0 Å². The number of aliphatic hydroxyl groups excluding tert-OH is 1. The Balaban J connectivity index is 1.40. The monoisotopic (exact) mass is 399 g/mol. The maximum absolute atomic E-state index is 12.4. The average Bonchev–Trinajstić information content (AvgIpc) is 3.44. The number of nitrogens with one attached hydrogen (secondary N) is 1. The SMILES string of the molecule is CC(O)c1ccc(C2(CNC(=O)/C=C/c3ccc4c(c3)OCO4)CCCC2)s1. The summed E-state index contributed by atoms with van der Waals surface area (Å²) in [4.78, 5) is 14.6. The summed E-state index contributed by atoms with van der Waals surface area (Å²) in [6, 6.07) is 9.75. The predicted octanol–water partition coefficient (Wildman–Crippen LogP) is 4.17. The molecule has 2 heterocycles. The fraction of sp³-hybridized carbons (Fsp3) is 0.409. The first-order chi connectivity index (χ1) is 13.6. The molecule has 2 aromatic rings. The molecule has 1 unspecified atom stereocenters. The van der Waals surface area contributed by atoms with E-state index < -0.39 is 6.10 Å². The Hall–Kier alpha value is -2.31.